The van der Waals surface area contributed by atoms with Crippen LogP contribution in [0.1, 0.15) is 27.2 Å². The summed E-state index contributed by atoms with van der Waals surface area (Å²) in [6.45, 7) is 7.47. The van der Waals surface area contributed by atoms with Crippen molar-refractivity contribution in [3.8, 4) is 0 Å². The van der Waals surface area contributed by atoms with Crippen LogP contribution in [0, 0.1) is 17.8 Å². The molecule has 1 heterocycles. The maximum absolute atomic E-state index is 11.9. The number of nitrogens with zero attached hydrogens (tertiary/aromatic N) is 1. The normalized spacial score (nSPS) is 27.4. The molecule has 2 atom stereocenters. The predicted octanol–water partition coefficient (Wildman–Crippen LogP) is 1.33. The van der Waals surface area contributed by atoms with Gasteiger partial charge in [0.1, 0.15) is 6.29 Å². The van der Waals surface area contributed by atoms with Crippen LogP contribution in [-0.4, -0.2) is 30.2 Å². The van der Waals surface area contributed by atoms with Gasteiger partial charge in [-0.2, -0.15) is 0 Å². The largest absolute Gasteiger partial charge is 0.342 e. The van der Waals surface area contributed by atoms with Gasteiger partial charge in [-0.3, -0.25) is 4.79 Å². The number of carbonyl (C=O) groups is 2. The summed E-state index contributed by atoms with van der Waals surface area (Å²) in [4.78, 5) is 24.5. The Bertz CT molecular complexity index is 225. The molecule has 0 aliphatic carbocycles. The second kappa shape index (κ2) is 4.58. The quantitative estimate of drug-likeness (QED) is 0.637. The molecule has 1 saturated heterocycles. The zero-order chi connectivity index (χ0) is 10.7. The van der Waals surface area contributed by atoms with Crippen molar-refractivity contribution in [2.45, 2.75) is 27.2 Å². The molecule has 2 unspecified atom stereocenters. The Hall–Kier alpha value is -0.860. The van der Waals surface area contributed by atoms with E-state index in [9.17, 15) is 9.59 Å². The predicted molar refractivity (Wildman–Crippen MR) is 54.8 cm³/mol. The lowest BCUT2D eigenvalue weighted by Crippen LogP contribution is -2.29. The highest BCUT2D eigenvalue weighted by atomic mass is 16.2. The zero-order valence-corrected chi connectivity index (χ0v) is 9.19. The Balaban J connectivity index is 2.74. The van der Waals surface area contributed by atoms with Crippen molar-refractivity contribution in [1.82, 2.24) is 4.90 Å². The van der Waals surface area contributed by atoms with Gasteiger partial charge in [0, 0.05) is 19.0 Å². The summed E-state index contributed by atoms with van der Waals surface area (Å²) in [6.07, 6.45) is 1.90. The number of hydrogen-bond donors (Lipinski definition) is 0. The topological polar surface area (TPSA) is 37.4 Å². The highest BCUT2D eigenvalue weighted by molar-refractivity contribution is 5.85. The average molecular weight is 197 g/mol. The first kappa shape index (κ1) is 11.2. The minimum absolute atomic E-state index is 0.0842. The van der Waals surface area contributed by atoms with Gasteiger partial charge in [0.05, 0.1) is 5.92 Å². The smallest absolute Gasteiger partial charge is 0.226 e. The van der Waals surface area contributed by atoms with Crippen molar-refractivity contribution in [3.63, 3.8) is 0 Å². The Labute approximate surface area is 85.5 Å². The van der Waals surface area contributed by atoms with E-state index in [2.05, 4.69) is 0 Å². The van der Waals surface area contributed by atoms with Crippen LogP contribution in [0.3, 0.4) is 0 Å². The molecule has 0 saturated carbocycles. The molecule has 1 amide bonds. The first-order valence-electron chi connectivity index (χ1n) is 5.35. The molecule has 1 aliphatic rings. The van der Waals surface area contributed by atoms with E-state index < -0.39 is 0 Å². The summed E-state index contributed by atoms with van der Waals surface area (Å²) in [6, 6.07) is 0. The number of rotatable bonds is 4. The van der Waals surface area contributed by atoms with Crippen LogP contribution in [0.2, 0.25) is 0 Å². The van der Waals surface area contributed by atoms with Crippen LogP contribution in [0.4, 0.5) is 0 Å². The summed E-state index contributed by atoms with van der Waals surface area (Å²) >= 11 is 0. The average Bonchev–Trinajstić information content (AvgIpc) is 2.44. The molecule has 1 aliphatic heterocycles. The fraction of sp³-hybridized carbons (Fsp3) is 0.818. The fourth-order valence-corrected chi connectivity index (χ4v) is 2.23. The van der Waals surface area contributed by atoms with Crippen molar-refractivity contribution >= 4 is 12.2 Å². The maximum Gasteiger partial charge on any atom is 0.226 e. The molecule has 14 heavy (non-hydrogen) atoms. The lowest BCUT2D eigenvalue weighted by molar-refractivity contribution is -0.133. The molecule has 0 radical (unpaired) electrons. The molecule has 0 aromatic heterocycles. The molecule has 80 valence electrons. The van der Waals surface area contributed by atoms with Crippen LogP contribution in [-0.2, 0) is 9.59 Å². The third kappa shape index (κ3) is 1.97. The number of amides is 1. The summed E-state index contributed by atoms with van der Waals surface area (Å²) in [7, 11) is 0. The van der Waals surface area contributed by atoms with Crippen LogP contribution in [0.5, 0.6) is 0 Å². The number of hydrogen-bond acceptors (Lipinski definition) is 2. The molecule has 1 fully saturated rings. The summed E-state index contributed by atoms with van der Waals surface area (Å²) in [5.74, 6) is 0.256. The van der Waals surface area contributed by atoms with Gasteiger partial charge < -0.3 is 9.69 Å². The molecule has 0 bridgehead atoms. The lowest BCUT2D eigenvalue weighted by Gasteiger charge is -2.17. The van der Waals surface area contributed by atoms with E-state index in [1.165, 1.54) is 0 Å². The van der Waals surface area contributed by atoms with Gasteiger partial charge in [0.25, 0.3) is 0 Å². The van der Waals surface area contributed by atoms with Gasteiger partial charge in [-0.05, 0) is 12.3 Å². The summed E-state index contributed by atoms with van der Waals surface area (Å²) < 4.78 is 0. The first-order chi connectivity index (χ1) is 6.61. The van der Waals surface area contributed by atoms with Crippen LogP contribution in [0.15, 0.2) is 0 Å². The molecule has 0 aromatic rings. The van der Waals surface area contributed by atoms with E-state index in [0.717, 1.165) is 19.3 Å². The van der Waals surface area contributed by atoms with Crippen LogP contribution >= 0.6 is 0 Å². The van der Waals surface area contributed by atoms with Gasteiger partial charge in [0.15, 0.2) is 0 Å². The summed E-state index contributed by atoms with van der Waals surface area (Å²) in [5.41, 5.74) is 0. The highest BCUT2D eigenvalue weighted by Crippen LogP contribution is 2.29. The van der Waals surface area contributed by atoms with E-state index >= 15 is 0 Å². The first-order valence-corrected chi connectivity index (χ1v) is 5.35. The van der Waals surface area contributed by atoms with Gasteiger partial charge in [-0.25, -0.2) is 0 Å². The van der Waals surface area contributed by atoms with Crippen molar-refractivity contribution in [2.75, 3.05) is 13.1 Å². The summed E-state index contributed by atoms with van der Waals surface area (Å²) in [5, 5.41) is 0. The number of likely N-dealkylation sites (tertiary alicyclic amines) is 1. The SMILES string of the molecule is CCCN1CC(C=O)C(C(C)C)C1=O. The third-order valence-corrected chi connectivity index (χ3v) is 2.88. The Morgan fingerprint density at radius 2 is 2.21 bits per heavy atom. The molecular weight excluding hydrogens is 178 g/mol. The van der Waals surface area contributed by atoms with Crippen molar-refractivity contribution < 1.29 is 9.59 Å². The molecule has 3 nitrogen and oxygen atoms in total. The van der Waals surface area contributed by atoms with Crippen molar-refractivity contribution in [2.24, 2.45) is 17.8 Å². The van der Waals surface area contributed by atoms with Gasteiger partial charge in [-0.15, -0.1) is 0 Å². The molecule has 0 N–H and O–H groups in total. The fourth-order valence-electron chi connectivity index (χ4n) is 2.23. The van der Waals surface area contributed by atoms with E-state index in [0.29, 0.717) is 6.54 Å². The van der Waals surface area contributed by atoms with Gasteiger partial charge in [-0.1, -0.05) is 20.8 Å². The second-order valence-electron chi connectivity index (χ2n) is 4.35. The van der Waals surface area contributed by atoms with Crippen molar-refractivity contribution in [3.05, 3.63) is 0 Å². The minimum atomic E-state index is -0.0888. The molecule has 1 rings (SSSR count). The maximum atomic E-state index is 11.9. The highest BCUT2D eigenvalue weighted by Gasteiger charge is 2.41. The zero-order valence-electron chi connectivity index (χ0n) is 9.19. The Morgan fingerprint density at radius 3 is 2.57 bits per heavy atom. The van der Waals surface area contributed by atoms with E-state index in [1.54, 1.807) is 0 Å². The van der Waals surface area contributed by atoms with Crippen molar-refractivity contribution in [1.29, 1.82) is 0 Å². The number of carbonyl (C=O) groups excluding carboxylic acids is 2. The Kier molecular flexibility index (Phi) is 3.67. The molecule has 0 aromatic carbocycles. The Morgan fingerprint density at radius 1 is 1.57 bits per heavy atom. The van der Waals surface area contributed by atoms with E-state index in [4.69, 9.17) is 0 Å². The second-order valence-corrected chi connectivity index (χ2v) is 4.35. The van der Waals surface area contributed by atoms with Gasteiger partial charge >= 0.3 is 0 Å². The molecule has 3 heteroatoms. The van der Waals surface area contributed by atoms with E-state index in [1.807, 2.05) is 25.7 Å². The lowest BCUT2D eigenvalue weighted by atomic mass is 9.87. The van der Waals surface area contributed by atoms with Crippen LogP contribution in [0.25, 0.3) is 0 Å². The van der Waals surface area contributed by atoms with Crippen LogP contribution < -0.4 is 0 Å². The van der Waals surface area contributed by atoms with Gasteiger partial charge in [0.2, 0.25) is 5.91 Å². The number of aldehydes is 1. The third-order valence-electron chi connectivity index (χ3n) is 2.88. The van der Waals surface area contributed by atoms with E-state index in [-0.39, 0.29) is 23.7 Å². The standard InChI is InChI=1S/C11H19NO2/c1-4-5-12-6-9(7-13)10(8(2)3)11(12)14/h7-10H,4-6H2,1-3H3. The molecule has 0 spiro atoms. The minimum Gasteiger partial charge on any atom is -0.342 e. The molecular formula is C11H19NO2. The monoisotopic (exact) mass is 197 g/mol.